The molecule has 0 saturated heterocycles. The van der Waals surface area contributed by atoms with Gasteiger partial charge in [0.25, 0.3) is 0 Å². The Morgan fingerprint density at radius 2 is 1.75 bits per heavy atom. The molecule has 0 aliphatic heterocycles. The first-order valence-corrected chi connectivity index (χ1v) is 6.66. The third-order valence-electron chi connectivity index (χ3n) is 3.23. The minimum absolute atomic E-state index is 0.311. The van der Waals surface area contributed by atoms with Gasteiger partial charge in [-0.1, -0.05) is 36.4 Å². The second-order valence-corrected chi connectivity index (χ2v) is 4.56. The van der Waals surface area contributed by atoms with Gasteiger partial charge in [-0.2, -0.15) is 0 Å². The van der Waals surface area contributed by atoms with Crippen LogP contribution in [0.4, 0.5) is 5.69 Å². The Morgan fingerprint density at radius 3 is 2.60 bits per heavy atom. The Bertz CT molecular complexity index is 805. The Balaban J connectivity index is 2.24. The zero-order valence-corrected chi connectivity index (χ0v) is 11.2. The molecule has 1 heterocycles. The Morgan fingerprint density at radius 1 is 1.00 bits per heavy atom. The van der Waals surface area contributed by atoms with Crippen LogP contribution in [0.15, 0.2) is 63.8 Å². The van der Waals surface area contributed by atoms with Gasteiger partial charge in [-0.25, -0.2) is 4.79 Å². The number of anilines is 1. The average Bonchev–Trinajstić information content (AvgIpc) is 2.48. The number of rotatable bonds is 3. The third-order valence-corrected chi connectivity index (χ3v) is 3.23. The van der Waals surface area contributed by atoms with E-state index in [0.29, 0.717) is 11.1 Å². The lowest BCUT2D eigenvalue weighted by atomic mass is 10.0. The van der Waals surface area contributed by atoms with Gasteiger partial charge >= 0.3 is 5.63 Å². The van der Waals surface area contributed by atoms with Gasteiger partial charge in [-0.15, -0.1) is 0 Å². The summed E-state index contributed by atoms with van der Waals surface area (Å²) in [5.41, 5.74) is 2.70. The minimum atomic E-state index is -0.311. The molecule has 0 fully saturated rings. The molecule has 0 aliphatic rings. The van der Waals surface area contributed by atoms with Gasteiger partial charge in [0.1, 0.15) is 5.58 Å². The van der Waals surface area contributed by atoms with Gasteiger partial charge in [0.05, 0.1) is 5.56 Å². The molecular weight excluding hydrogens is 250 g/mol. The lowest BCUT2D eigenvalue weighted by molar-refractivity contribution is 0.563. The van der Waals surface area contributed by atoms with Crippen LogP contribution in [0.25, 0.3) is 22.1 Å². The van der Waals surface area contributed by atoms with Gasteiger partial charge in [-0.05, 0) is 25.1 Å². The van der Waals surface area contributed by atoms with Crippen LogP contribution in [-0.2, 0) is 0 Å². The topological polar surface area (TPSA) is 42.2 Å². The largest absolute Gasteiger partial charge is 0.422 e. The van der Waals surface area contributed by atoms with Crippen molar-refractivity contribution in [2.24, 2.45) is 0 Å². The molecule has 0 atom stereocenters. The van der Waals surface area contributed by atoms with Crippen molar-refractivity contribution in [1.29, 1.82) is 0 Å². The van der Waals surface area contributed by atoms with E-state index >= 15 is 0 Å². The molecule has 0 bridgehead atoms. The minimum Gasteiger partial charge on any atom is -0.422 e. The highest BCUT2D eigenvalue weighted by atomic mass is 16.4. The number of hydrogen-bond acceptors (Lipinski definition) is 3. The summed E-state index contributed by atoms with van der Waals surface area (Å²) in [6.07, 6.45) is 0. The fourth-order valence-electron chi connectivity index (χ4n) is 2.31. The highest BCUT2D eigenvalue weighted by molar-refractivity contribution is 5.85. The van der Waals surface area contributed by atoms with Crippen molar-refractivity contribution in [1.82, 2.24) is 0 Å². The van der Waals surface area contributed by atoms with E-state index in [1.54, 1.807) is 6.07 Å². The van der Waals surface area contributed by atoms with Crippen LogP contribution in [0.3, 0.4) is 0 Å². The molecule has 0 amide bonds. The standard InChI is InChI=1S/C17H15NO2/c1-2-18-15-9-5-4-8-13(15)14-11-12-7-3-6-10-16(12)20-17(14)19/h3-11,18H,2H2,1H3. The number of nitrogens with one attached hydrogen (secondary N) is 1. The van der Waals surface area contributed by atoms with Gasteiger partial charge in [0.15, 0.2) is 0 Å². The molecule has 0 saturated carbocycles. The lowest BCUT2D eigenvalue weighted by Gasteiger charge is -2.10. The van der Waals surface area contributed by atoms with Crippen LogP contribution in [0, 0.1) is 0 Å². The second-order valence-electron chi connectivity index (χ2n) is 4.56. The summed E-state index contributed by atoms with van der Waals surface area (Å²) in [6, 6.07) is 17.2. The Kier molecular flexibility index (Phi) is 3.25. The predicted molar refractivity (Wildman–Crippen MR) is 82.1 cm³/mol. The molecule has 3 heteroatoms. The smallest absolute Gasteiger partial charge is 0.344 e. The summed E-state index contributed by atoms with van der Waals surface area (Å²) in [6.45, 7) is 2.83. The van der Waals surface area contributed by atoms with E-state index in [1.807, 2.05) is 55.5 Å². The molecule has 3 aromatic rings. The molecule has 0 radical (unpaired) electrons. The van der Waals surface area contributed by atoms with Crippen molar-refractivity contribution < 1.29 is 4.42 Å². The Labute approximate surface area is 116 Å². The maximum atomic E-state index is 12.2. The first kappa shape index (κ1) is 12.5. The van der Waals surface area contributed by atoms with Crippen LogP contribution >= 0.6 is 0 Å². The summed E-state index contributed by atoms with van der Waals surface area (Å²) >= 11 is 0. The van der Waals surface area contributed by atoms with E-state index in [0.717, 1.165) is 23.2 Å². The molecule has 20 heavy (non-hydrogen) atoms. The zero-order chi connectivity index (χ0) is 13.9. The van der Waals surface area contributed by atoms with Crippen LogP contribution < -0.4 is 10.9 Å². The highest BCUT2D eigenvalue weighted by Crippen LogP contribution is 2.27. The predicted octanol–water partition coefficient (Wildman–Crippen LogP) is 3.89. The van der Waals surface area contributed by atoms with E-state index in [1.165, 1.54) is 0 Å². The van der Waals surface area contributed by atoms with Crippen molar-refractivity contribution >= 4 is 16.7 Å². The van der Waals surface area contributed by atoms with E-state index in [9.17, 15) is 4.79 Å². The van der Waals surface area contributed by atoms with Crippen molar-refractivity contribution in [3.63, 3.8) is 0 Å². The summed E-state index contributed by atoms with van der Waals surface area (Å²) in [4.78, 5) is 12.2. The van der Waals surface area contributed by atoms with Crippen molar-refractivity contribution in [3.05, 3.63) is 65.0 Å². The molecule has 1 aromatic heterocycles. The van der Waals surface area contributed by atoms with E-state index in [4.69, 9.17) is 4.42 Å². The Hall–Kier alpha value is -2.55. The monoisotopic (exact) mass is 265 g/mol. The fourth-order valence-corrected chi connectivity index (χ4v) is 2.31. The first-order valence-electron chi connectivity index (χ1n) is 6.66. The third kappa shape index (κ3) is 2.18. The maximum Gasteiger partial charge on any atom is 0.344 e. The lowest BCUT2D eigenvalue weighted by Crippen LogP contribution is -2.05. The van der Waals surface area contributed by atoms with Gasteiger partial charge in [-0.3, -0.25) is 0 Å². The SMILES string of the molecule is CCNc1ccccc1-c1cc2ccccc2oc1=O. The van der Waals surface area contributed by atoms with Gasteiger partial charge < -0.3 is 9.73 Å². The molecular formula is C17H15NO2. The quantitative estimate of drug-likeness (QED) is 0.730. The van der Waals surface area contributed by atoms with E-state index < -0.39 is 0 Å². The summed E-state index contributed by atoms with van der Waals surface area (Å²) in [5.74, 6) is 0. The van der Waals surface area contributed by atoms with Crippen molar-refractivity contribution in [3.8, 4) is 11.1 Å². The van der Waals surface area contributed by atoms with E-state index in [-0.39, 0.29) is 5.63 Å². The summed E-state index contributed by atoms with van der Waals surface area (Å²) in [7, 11) is 0. The normalized spacial score (nSPS) is 10.7. The molecule has 1 N–H and O–H groups in total. The van der Waals surface area contributed by atoms with Crippen LogP contribution in [0.2, 0.25) is 0 Å². The number of hydrogen-bond donors (Lipinski definition) is 1. The highest BCUT2D eigenvalue weighted by Gasteiger charge is 2.10. The molecule has 0 aliphatic carbocycles. The number of benzene rings is 2. The van der Waals surface area contributed by atoms with Crippen molar-refractivity contribution in [2.75, 3.05) is 11.9 Å². The van der Waals surface area contributed by atoms with Gasteiger partial charge in [0.2, 0.25) is 0 Å². The van der Waals surface area contributed by atoms with Crippen molar-refractivity contribution in [2.45, 2.75) is 6.92 Å². The van der Waals surface area contributed by atoms with Gasteiger partial charge in [0, 0.05) is 23.2 Å². The van der Waals surface area contributed by atoms with E-state index in [2.05, 4.69) is 5.32 Å². The maximum absolute atomic E-state index is 12.2. The van der Waals surface area contributed by atoms with Crippen LogP contribution in [0.5, 0.6) is 0 Å². The molecule has 3 rings (SSSR count). The second kappa shape index (κ2) is 5.21. The summed E-state index contributed by atoms with van der Waals surface area (Å²) < 4.78 is 5.40. The zero-order valence-electron chi connectivity index (χ0n) is 11.2. The molecule has 100 valence electrons. The molecule has 2 aromatic carbocycles. The molecule has 0 unspecified atom stereocenters. The van der Waals surface area contributed by atoms with Crippen LogP contribution in [-0.4, -0.2) is 6.54 Å². The number of para-hydroxylation sites is 2. The van der Waals surface area contributed by atoms with Crippen LogP contribution in [0.1, 0.15) is 6.92 Å². The average molecular weight is 265 g/mol. The summed E-state index contributed by atoms with van der Waals surface area (Å²) in [5, 5.41) is 4.19. The first-order chi connectivity index (χ1) is 9.79. The number of fused-ring (bicyclic) bond motifs is 1. The molecule has 0 spiro atoms. The molecule has 3 nitrogen and oxygen atoms in total. The fraction of sp³-hybridized carbons (Fsp3) is 0.118.